The first-order valence-electron chi connectivity index (χ1n) is 5.88. The quantitative estimate of drug-likeness (QED) is 0.506. The maximum Gasteiger partial charge on any atom is 0.338 e. The third-order valence-electron chi connectivity index (χ3n) is 2.66. The topological polar surface area (TPSA) is 98.5 Å². The fourth-order valence-electron chi connectivity index (χ4n) is 1.49. The second-order valence-corrected chi connectivity index (χ2v) is 4.75. The fraction of sp³-hybridized carbons (Fsp3) is 0.333. The molecule has 1 aromatic carbocycles. The summed E-state index contributed by atoms with van der Waals surface area (Å²) >= 11 is 5.63. The minimum Gasteiger partial charge on any atom is -0.452 e. The lowest BCUT2D eigenvalue weighted by atomic mass is 10.2. The number of amides is 1. The normalized spacial score (nSPS) is 13.7. The fourth-order valence-corrected chi connectivity index (χ4v) is 1.68. The van der Waals surface area contributed by atoms with E-state index in [4.69, 9.17) is 16.3 Å². The molecule has 1 saturated carbocycles. The van der Waals surface area contributed by atoms with Crippen LogP contribution in [-0.2, 0) is 9.53 Å². The molecular weight excluding hydrogens is 288 g/mol. The van der Waals surface area contributed by atoms with Crippen molar-refractivity contribution in [2.45, 2.75) is 18.9 Å². The summed E-state index contributed by atoms with van der Waals surface area (Å²) in [6, 6.07) is 3.73. The van der Waals surface area contributed by atoms with Gasteiger partial charge in [0.2, 0.25) is 0 Å². The van der Waals surface area contributed by atoms with Crippen molar-refractivity contribution in [1.29, 1.82) is 0 Å². The van der Waals surface area contributed by atoms with Crippen molar-refractivity contribution in [3.63, 3.8) is 0 Å². The van der Waals surface area contributed by atoms with Gasteiger partial charge in [-0.3, -0.25) is 14.9 Å². The summed E-state index contributed by atoms with van der Waals surface area (Å²) in [5.74, 6) is -1.19. The van der Waals surface area contributed by atoms with Crippen LogP contribution in [0, 0.1) is 10.1 Å². The van der Waals surface area contributed by atoms with E-state index in [-0.39, 0.29) is 28.2 Å². The monoisotopic (exact) mass is 298 g/mol. The number of nitro benzene ring substituents is 1. The van der Waals surface area contributed by atoms with E-state index in [9.17, 15) is 19.7 Å². The van der Waals surface area contributed by atoms with E-state index in [0.29, 0.717) is 0 Å². The molecule has 0 atom stereocenters. The number of carbonyl (C=O) groups is 2. The Bertz CT molecular complexity index is 571. The number of nitrogens with zero attached hydrogens (tertiary/aromatic N) is 1. The minimum atomic E-state index is -0.810. The van der Waals surface area contributed by atoms with Gasteiger partial charge in [0.25, 0.3) is 11.6 Å². The average Bonchev–Trinajstić information content (AvgIpc) is 3.20. The van der Waals surface area contributed by atoms with Gasteiger partial charge in [0.05, 0.1) is 10.5 Å². The van der Waals surface area contributed by atoms with E-state index < -0.39 is 17.5 Å². The van der Waals surface area contributed by atoms with Crippen molar-refractivity contribution >= 4 is 29.2 Å². The van der Waals surface area contributed by atoms with Gasteiger partial charge in [0, 0.05) is 12.1 Å². The molecule has 2 rings (SSSR count). The number of nitrogens with one attached hydrogen (secondary N) is 1. The zero-order chi connectivity index (χ0) is 14.7. The van der Waals surface area contributed by atoms with Crippen LogP contribution in [0.25, 0.3) is 0 Å². The summed E-state index contributed by atoms with van der Waals surface area (Å²) < 4.78 is 4.78. The zero-order valence-electron chi connectivity index (χ0n) is 10.3. The van der Waals surface area contributed by atoms with Crippen molar-refractivity contribution in [3.05, 3.63) is 38.9 Å². The predicted molar refractivity (Wildman–Crippen MR) is 69.6 cm³/mol. The molecule has 0 spiro atoms. The number of benzene rings is 1. The first-order valence-corrected chi connectivity index (χ1v) is 6.25. The Balaban J connectivity index is 1.96. The number of hydrogen-bond donors (Lipinski definition) is 1. The highest BCUT2D eigenvalue weighted by Crippen LogP contribution is 2.25. The number of nitro groups is 1. The Morgan fingerprint density at radius 1 is 1.45 bits per heavy atom. The Labute approximate surface area is 119 Å². The average molecular weight is 299 g/mol. The number of halogens is 1. The molecule has 0 unspecified atom stereocenters. The molecule has 7 nitrogen and oxygen atoms in total. The maximum absolute atomic E-state index is 11.7. The van der Waals surface area contributed by atoms with Gasteiger partial charge in [-0.05, 0) is 25.0 Å². The van der Waals surface area contributed by atoms with Crippen molar-refractivity contribution in [2.24, 2.45) is 0 Å². The molecule has 8 heteroatoms. The third kappa shape index (κ3) is 3.67. The lowest BCUT2D eigenvalue weighted by Gasteiger charge is -2.05. The third-order valence-corrected chi connectivity index (χ3v) is 2.97. The molecule has 1 aliphatic carbocycles. The van der Waals surface area contributed by atoms with Gasteiger partial charge < -0.3 is 10.1 Å². The van der Waals surface area contributed by atoms with E-state index in [1.165, 1.54) is 12.1 Å². The van der Waals surface area contributed by atoms with Gasteiger partial charge in [0.15, 0.2) is 6.61 Å². The van der Waals surface area contributed by atoms with Crippen LogP contribution in [0.2, 0.25) is 5.02 Å². The van der Waals surface area contributed by atoms with Gasteiger partial charge in [-0.15, -0.1) is 0 Å². The van der Waals surface area contributed by atoms with E-state index in [2.05, 4.69) is 5.32 Å². The molecule has 0 aromatic heterocycles. The summed E-state index contributed by atoms with van der Waals surface area (Å²) in [6.45, 7) is -0.411. The summed E-state index contributed by atoms with van der Waals surface area (Å²) in [4.78, 5) is 33.0. The van der Waals surface area contributed by atoms with E-state index in [1.54, 1.807) is 0 Å². The second kappa shape index (κ2) is 5.87. The Morgan fingerprint density at radius 3 is 2.75 bits per heavy atom. The molecule has 0 saturated heterocycles. The second-order valence-electron chi connectivity index (χ2n) is 4.34. The molecule has 0 heterocycles. The summed E-state index contributed by atoms with van der Waals surface area (Å²) in [5.41, 5.74) is -0.413. The molecule has 1 aliphatic rings. The first kappa shape index (κ1) is 14.3. The molecule has 0 aliphatic heterocycles. The number of esters is 1. The minimum absolute atomic E-state index is 0.0275. The summed E-state index contributed by atoms with van der Waals surface area (Å²) in [6.07, 6.45) is 1.87. The zero-order valence-corrected chi connectivity index (χ0v) is 11.1. The number of ether oxygens (including phenoxy) is 1. The van der Waals surface area contributed by atoms with Gasteiger partial charge in [-0.2, -0.15) is 0 Å². The van der Waals surface area contributed by atoms with Gasteiger partial charge in [0.1, 0.15) is 5.02 Å². The summed E-state index contributed by atoms with van der Waals surface area (Å²) in [7, 11) is 0. The molecule has 1 fully saturated rings. The van der Waals surface area contributed by atoms with Crippen LogP contribution in [0.4, 0.5) is 5.69 Å². The molecule has 106 valence electrons. The number of hydrogen-bond acceptors (Lipinski definition) is 5. The number of carbonyl (C=O) groups excluding carboxylic acids is 2. The highest BCUT2D eigenvalue weighted by atomic mass is 35.5. The maximum atomic E-state index is 11.7. The van der Waals surface area contributed by atoms with Crippen LogP contribution in [0.5, 0.6) is 0 Å². The molecule has 1 N–H and O–H groups in total. The lowest BCUT2D eigenvalue weighted by Crippen LogP contribution is -2.30. The van der Waals surface area contributed by atoms with Crippen LogP contribution in [0.3, 0.4) is 0 Å². The van der Waals surface area contributed by atoms with Crippen LogP contribution in [-0.4, -0.2) is 29.4 Å². The van der Waals surface area contributed by atoms with Crippen molar-refractivity contribution in [1.82, 2.24) is 5.32 Å². The predicted octanol–water partition coefficient (Wildman–Crippen LogP) is 1.68. The van der Waals surface area contributed by atoms with Crippen molar-refractivity contribution < 1.29 is 19.2 Å². The Morgan fingerprint density at radius 2 is 2.15 bits per heavy atom. The standard InChI is InChI=1S/C12H11ClN2O5/c13-9-4-1-7(5-10(9)15(18)19)12(17)20-6-11(16)14-8-2-3-8/h1,4-5,8H,2-3,6H2,(H,14,16). The Kier molecular flexibility index (Phi) is 4.19. The molecule has 20 heavy (non-hydrogen) atoms. The molecular formula is C12H11ClN2O5. The van der Waals surface area contributed by atoms with Gasteiger partial charge in [-0.1, -0.05) is 11.6 Å². The van der Waals surface area contributed by atoms with Crippen LogP contribution < -0.4 is 5.32 Å². The van der Waals surface area contributed by atoms with E-state index >= 15 is 0 Å². The molecule has 1 aromatic rings. The van der Waals surface area contributed by atoms with Crippen molar-refractivity contribution in [3.8, 4) is 0 Å². The molecule has 0 radical (unpaired) electrons. The molecule has 0 bridgehead atoms. The van der Waals surface area contributed by atoms with E-state index in [0.717, 1.165) is 18.9 Å². The first-order chi connectivity index (χ1) is 9.47. The number of rotatable bonds is 5. The lowest BCUT2D eigenvalue weighted by molar-refractivity contribution is -0.384. The largest absolute Gasteiger partial charge is 0.452 e. The Hall–Kier alpha value is -2.15. The highest BCUT2D eigenvalue weighted by molar-refractivity contribution is 6.32. The summed E-state index contributed by atoms with van der Waals surface area (Å²) in [5, 5.41) is 13.3. The highest BCUT2D eigenvalue weighted by Gasteiger charge is 2.24. The van der Waals surface area contributed by atoms with Gasteiger partial charge in [-0.25, -0.2) is 4.79 Å². The smallest absolute Gasteiger partial charge is 0.338 e. The van der Waals surface area contributed by atoms with Crippen LogP contribution in [0.1, 0.15) is 23.2 Å². The SMILES string of the molecule is O=C(COC(=O)c1ccc(Cl)c([N+](=O)[O-])c1)NC1CC1. The van der Waals surface area contributed by atoms with Crippen molar-refractivity contribution in [2.75, 3.05) is 6.61 Å². The van der Waals surface area contributed by atoms with Crippen LogP contribution >= 0.6 is 11.6 Å². The molecule has 1 amide bonds. The van der Waals surface area contributed by atoms with Crippen LogP contribution in [0.15, 0.2) is 18.2 Å². The van der Waals surface area contributed by atoms with Gasteiger partial charge >= 0.3 is 5.97 Å². The van der Waals surface area contributed by atoms with E-state index in [1.807, 2.05) is 0 Å².